The van der Waals surface area contributed by atoms with Crippen LogP contribution in [0.2, 0.25) is 0 Å². The average Bonchev–Trinajstić information content (AvgIpc) is 3.05. The Morgan fingerprint density at radius 2 is 2.20 bits per heavy atom. The van der Waals surface area contributed by atoms with E-state index >= 15 is 0 Å². The number of carbonyl (C=O) groups excluding carboxylic acids is 1. The van der Waals surface area contributed by atoms with Gasteiger partial charge < -0.3 is 14.9 Å². The topological polar surface area (TPSA) is 96.0 Å². The van der Waals surface area contributed by atoms with Gasteiger partial charge in [-0.3, -0.25) is 4.79 Å². The number of H-pyrrole nitrogens is 1. The number of carbonyl (C=O) groups is 1. The number of aryl methyl sites for hydroxylation is 1. The molecule has 0 spiro atoms. The molecule has 2 rings (SSSR count). The molecule has 0 aliphatic heterocycles. The molecule has 0 saturated heterocycles. The van der Waals surface area contributed by atoms with Crippen LogP contribution in [0.25, 0.3) is 0 Å². The van der Waals surface area contributed by atoms with Gasteiger partial charge in [0.2, 0.25) is 10.0 Å². The largest absolute Gasteiger partial charge is 0.367 e. The summed E-state index contributed by atoms with van der Waals surface area (Å²) in [6.45, 7) is 0.377. The quantitative estimate of drug-likeness (QED) is 0.735. The molecular formula is C12H16N4O3S. The molecule has 2 aromatic rings. The molecule has 8 heteroatoms. The van der Waals surface area contributed by atoms with E-state index in [1.165, 1.54) is 23.9 Å². The van der Waals surface area contributed by atoms with Crippen molar-refractivity contribution in [2.24, 2.45) is 7.05 Å². The number of sulfonamides is 1. The molecule has 0 aliphatic carbocycles. The lowest BCUT2D eigenvalue weighted by atomic mass is 10.3. The van der Waals surface area contributed by atoms with Gasteiger partial charge in [-0.15, -0.1) is 0 Å². The second kappa shape index (κ2) is 5.51. The molecule has 108 valence electrons. The fourth-order valence-corrected chi connectivity index (χ4v) is 2.57. The number of aromatic nitrogens is 2. The Balaban J connectivity index is 2.14. The maximum Gasteiger partial charge on any atom is 0.268 e. The minimum atomic E-state index is -3.55. The molecule has 1 amide bonds. The highest BCUT2D eigenvalue weighted by Crippen LogP contribution is 2.13. The Morgan fingerprint density at radius 1 is 1.45 bits per heavy atom. The first-order valence-corrected chi connectivity index (χ1v) is 7.42. The summed E-state index contributed by atoms with van der Waals surface area (Å²) in [6.07, 6.45) is 4.95. The molecule has 20 heavy (non-hydrogen) atoms. The number of hydrogen-bond donors (Lipinski definition) is 3. The minimum Gasteiger partial charge on any atom is -0.367 e. The summed E-state index contributed by atoms with van der Waals surface area (Å²) in [5.74, 6) is -0.328. The first-order chi connectivity index (χ1) is 9.44. The van der Waals surface area contributed by atoms with E-state index in [0.717, 1.165) is 5.56 Å². The van der Waals surface area contributed by atoms with E-state index in [1.54, 1.807) is 19.4 Å². The Bertz CT molecular complexity index is 701. The molecule has 0 bridgehead atoms. The third-order valence-electron chi connectivity index (χ3n) is 2.91. The summed E-state index contributed by atoms with van der Waals surface area (Å²) >= 11 is 0. The summed E-state index contributed by atoms with van der Waals surface area (Å²) in [5, 5.41) is 2.73. The van der Waals surface area contributed by atoms with Crippen molar-refractivity contribution in [3.63, 3.8) is 0 Å². The van der Waals surface area contributed by atoms with Crippen LogP contribution in [0.5, 0.6) is 0 Å². The summed E-state index contributed by atoms with van der Waals surface area (Å²) < 4.78 is 27.0. The molecular weight excluding hydrogens is 280 g/mol. The van der Waals surface area contributed by atoms with E-state index in [0.29, 0.717) is 6.54 Å². The normalized spacial score (nSPS) is 11.5. The highest BCUT2D eigenvalue weighted by atomic mass is 32.2. The summed E-state index contributed by atoms with van der Waals surface area (Å²) in [5.41, 5.74) is 1.23. The number of amides is 1. The zero-order valence-corrected chi connectivity index (χ0v) is 12.0. The average molecular weight is 296 g/mol. The maximum absolute atomic E-state index is 12.0. The molecule has 0 saturated carbocycles. The Hall–Kier alpha value is -2.06. The van der Waals surface area contributed by atoms with Crippen molar-refractivity contribution in [2.45, 2.75) is 11.4 Å². The fraction of sp³-hybridized carbons (Fsp3) is 0.250. The van der Waals surface area contributed by atoms with Gasteiger partial charge in [-0.2, -0.15) is 0 Å². The molecule has 7 nitrogen and oxygen atoms in total. The second-order valence-electron chi connectivity index (χ2n) is 4.28. The molecule has 2 heterocycles. The third-order valence-corrected chi connectivity index (χ3v) is 4.29. The second-order valence-corrected chi connectivity index (χ2v) is 6.17. The van der Waals surface area contributed by atoms with Crippen molar-refractivity contribution in [3.8, 4) is 0 Å². The van der Waals surface area contributed by atoms with Crippen molar-refractivity contribution >= 4 is 15.9 Å². The van der Waals surface area contributed by atoms with E-state index < -0.39 is 10.0 Å². The molecule has 2 aromatic heterocycles. The molecule has 0 atom stereocenters. The van der Waals surface area contributed by atoms with Crippen molar-refractivity contribution < 1.29 is 13.2 Å². The SMILES string of the molecule is CNS(=O)(=O)c1cc(C(=O)NCc2cc[nH]c2)n(C)c1. The van der Waals surface area contributed by atoms with Gasteiger partial charge in [0.15, 0.2) is 0 Å². The minimum absolute atomic E-state index is 0.0642. The van der Waals surface area contributed by atoms with Gasteiger partial charge in [-0.05, 0) is 24.7 Å². The Labute approximate surface area is 117 Å². The molecule has 0 aromatic carbocycles. The van der Waals surface area contributed by atoms with E-state index in [4.69, 9.17) is 0 Å². The van der Waals surface area contributed by atoms with Gasteiger partial charge in [0.1, 0.15) is 10.6 Å². The zero-order valence-electron chi connectivity index (χ0n) is 11.2. The van der Waals surface area contributed by atoms with Gasteiger partial charge in [-0.1, -0.05) is 0 Å². The fourth-order valence-electron chi connectivity index (χ4n) is 1.77. The van der Waals surface area contributed by atoms with Crippen molar-refractivity contribution in [3.05, 3.63) is 42.0 Å². The third kappa shape index (κ3) is 2.91. The number of nitrogens with zero attached hydrogens (tertiary/aromatic N) is 1. The van der Waals surface area contributed by atoms with E-state index in [2.05, 4.69) is 15.0 Å². The lowest BCUT2D eigenvalue weighted by Crippen LogP contribution is -2.24. The Morgan fingerprint density at radius 3 is 2.80 bits per heavy atom. The van der Waals surface area contributed by atoms with Gasteiger partial charge in [0, 0.05) is 32.2 Å². The van der Waals surface area contributed by atoms with Gasteiger partial charge in [0.05, 0.1) is 0 Å². The molecule has 0 aliphatic rings. The van der Waals surface area contributed by atoms with Crippen LogP contribution in [0.3, 0.4) is 0 Å². The van der Waals surface area contributed by atoms with Crippen LogP contribution in [0.15, 0.2) is 35.6 Å². The van der Waals surface area contributed by atoms with Crippen LogP contribution in [-0.2, 0) is 23.6 Å². The first kappa shape index (κ1) is 14.4. The Kier molecular flexibility index (Phi) is 3.96. The van der Waals surface area contributed by atoms with E-state index in [9.17, 15) is 13.2 Å². The standard InChI is InChI=1S/C12H16N4O3S/c1-13-20(18,19)10-5-11(16(2)8-10)12(17)15-7-9-3-4-14-6-9/h3-6,8,13-14H,7H2,1-2H3,(H,15,17). The monoisotopic (exact) mass is 296 g/mol. The first-order valence-electron chi connectivity index (χ1n) is 5.94. The lowest BCUT2D eigenvalue weighted by Gasteiger charge is -2.04. The van der Waals surface area contributed by atoms with Crippen LogP contribution < -0.4 is 10.0 Å². The molecule has 0 unspecified atom stereocenters. The summed E-state index contributed by atoms with van der Waals surface area (Å²) in [7, 11) is -0.595. The highest BCUT2D eigenvalue weighted by Gasteiger charge is 2.18. The van der Waals surface area contributed by atoms with Crippen molar-refractivity contribution in [1.29, 1.82) is 0 Å². The molecule has 3 N–H and O–H groups in total. The highest BCUT2D eigenvalue weighted by molar-refractivity contribution is 7.89. The smallest absolute Gasteiger partial charge is 0.268 e. The van der Waals surface area contributed by atoms with Gasteiger partial charge in [0.25, 0.3) is 5.91 Å². The summed E-state index contributed by atoms with van der Waals surface area (Å²) in [4.78, 5) is 15.0. The zero-order chi connectivity index (χ0) is 14.8. The van der Waals surface area contributed by atoms with Crippen molar-refractivity contribution in [2.75, 3.05) is 7.05 Å². The number of aromatic amines is 1. The van der Waals surface area contributed by atoms with Gasteiger partial charge >= 0.3 is 0 Å². The number of hydrogen-bond acceptors (Lipinski definition) is 3. The molecule has 0 fully saturated rings. The maximum atomic E-state index is 12.0. The molecule has 0 radical (unpaired) electrons. The van der Waals surface area contributed by atoms with E-state index in [1.807, 2.05) is 6.07 Å². The van der Waals surface area contributed by atoms with Crippen molar-refractivity contribution in [1.82, 2.24) is 19.6 Å². The van der Waals surface area contributed by atoms with Crippen LogP contribution in [0.1, 0.15) is 16.1 Å². The number of nitrogens with one attached hydrogen (secondary N) is 3. The van der Waals surface area contributed by atoms with Crippen LogP contribution in [-0.4, -0.2) is 30.9 Å². The van der Waals surface area contributed by atoms with Gasteiger partial charge in [-0.25, -0.2) is 13.1 Å². The predicted octanol–water partition coefficient (Wildman–Crippen LogP) is 0.191. The van der Waals surface area contributed by atoms with E-state index in [-0.39, 0.29) is 16.5 Å². The van der Waals surface area contributed by atoms with Crippen LogP contribution >= 0.6 is 0 Å². The predicted molar refractivity (Wildman–Crippen MR) is 73.6 cm³/mol. The number of rotatable bonds is 5. The van der Waals surface area contributed by atoms with Crippen LogP contribution in [0, 0.1) is 0 Å². The lowest BCUT2D eigenvalue weighted by molar-refractivity contribution is 0.0943. The summed E-state index contributed by atoms with van der Waals surface area (Å²) in [6, 6.07) is 3.19. The van der Waals surface area contributed by atoms with Crippen LogP contribution in [0.4, 0.5) is 0 Å².